The minimum Gasteiger partial charge on any atom is -0.444 e. The smallest absolute Gasteiger partial charge is 0.407 e. The van der Waals surface area contributed by atoms with Gasteiger partial charge in [0, 0.05) is 12.6 Å². The van der Waals surface area contributed by atoms with E-state index in [1.165, 1.54) is 6.42 Å². The van der Waals surface area contributed by atoms with Gasteiger partial charge >= 0.3 is 6.09 Å². The van der Waals surface area contributed by atoms with Crippen LogP contribution in [0, 0.1) is 0 Å². The zero-order valence-electron chi connectivity index (χ0n) is 11.9. The van der Waals surface area contributed by atoms with Gasteiger partial charge in [0.25, 0.3) is 0 Å². The lowest BCUT2D eigenvalue weighted by Crippen LogP contribution is -2.42. The van der Waals surface area contributed by atoms with Crippen LogP contribution in [-0.4, -0.2) is 48.8 Å². The van der Waals surface area contributed by atoms with Gasteiger partial charge < -0.3 is 15.8 Å². The average Bonchev–Trinajstić information content (AvgIpc) is 2.68. The summed E-state index contributed by atoms with van der Waals surface area (Å²) in [5, 5.41) is 2.85. The maximum Gasteiger partial charge on any atom is 0.407 e. The van der Waals surface area contributed by atoms with E-state index in [0.29, 0.717) is 12.6 Å². The van der Waals surface area contributed by atoms with Crippen LogP contribution in [0.25, 0.3) is 0 Å². The molecule has 0 aromatic rings. The molecule has 0 spiro atoms. The summed E-state index contributed by atoms with van der Waals surface area (Å²) < 4.78 is 5.23. The molecule has 1 aliphatic rings. The van der Waals surface area contributed by atoms with Gasteiger partial charge in [0.15, 0.2) is 0 Å². The molecule has 1 aliphatic heterocycles. The molecule has 0 bridgehead atoms. The van der Waals surface area contributed by atoms with Crippen LogP contribution in [0.15, 0.2) is 0 Å². The quantitative estimate of drug-likeness (QED) is 0.779. The first kappa shape index (κ1) is 15.2. The van der Waals surface area contributed by atoms with Gasteiger partial charge in [-0.1, -0.05) is 0 Å². The van der Waals surface area contributed by atoms with Crippen LogP contribution in [0.3, 0.4) is 0 Å². The number of nitrogens with one attached hydrogen (secondary N) is 1. The van der Waals surface area contributed by atoms with Crippen molar-refractivity contribution in [3.05, 3.63) is 0 Å². The van der Waals surface area contributed by atoms with Gasteiger partial charge in [-0.15, -0.1) is 0 Å². The highest BCUT2D eigenvalue weighted by Crippen LogP contribution is 2.16. The number of carbonyl (C=O) groups is 1. The van der Waals surface area contributed by atoms with E-state index in [9.17, 15) is 4.79 Å². The molecule has 18 heavy (non-hydrogen) atoms. The van der Waals surface area contributed by atoms with Gasteiger partial charge in [-0.05, 0) is 59.7 Å². The molecule has 5 heteroatoms. The molecule has 1 amide bonds. The molecular formula is C13H27N3O2. The van der Waals surface area contributed by atoms with Crippen molar-refractivity contribution in [3.8, 4) is 0 Å². The number of hydrogen-bond donors (Lipinski definition) is 2. The molecule has 106 valence electrons. The van der Waals surface area contributed by atoms with Crippen molar-refractivity contribution >= 4 is 6.09 Å². The lowest BCUT2D eigenvalue weighted by Gasteiger charge is -2.25. The van der Waals surface area contributed by atoms with Crippen molar-refractivity contribution in [3.63, 3.8) is 0 Å². The van der Waals surface area contributed by atoms with Crippen molar-refractivity contribution in [1.29, 1.82) is 0 Å². The SMILES string of the molecule is CC(C)(C)OC(=O)NC[C@H]1CCCN1CCCN. The Morgan fingerprint density at radius 1 is 1.50 bits per heavy atom. The molecule has 0 radical (unpaired) electrons. The molecule has 0 unspecified atom stereocenters. The number of likely N-dealkylation sites (tertiary alicyclic amines) is 1. The molecular weight excluding hydrogens is 230 g/mol. The topological polar surface area (TPSA) is 67.6 Å². The van der Waals surface area contributed by atoms with Gasteiger partial charge in [0.05, 0.1) is 0 Å². The summed E-state index contributed by atoms with van der Waals surface area (Å²) in [4.78, 5) is 14.0. The Kier molecular flexibility index (Phi) is 5.88. The summed E-state index contributed by atoms with van der Waals surface area (Å²) in [6.45, 7) is 9.14. The highest BCUT2D eigenvalue weighted by atomic mass is 16.6. The highest BCUT2D eigenvalue weighted by Gasteiger charge is 2.25. The lowest BCUT2D eigenvalue weighted by molar-refractivity contribution is 0.0513. The van der Waals surface area contributed by atoms with E-state index in [2.05, 4.69) is 10.2 Å². The van der Waals surface area contributed by atoms with Crippen molar-refractivity contribution in [1.82, 2.24) is 10.2 Å². The number of nitrogens with two attached hydrogens (primary N) is 1. The molecule has 1 saturated heterocycles. The summed E-state index contributed by atoms with van der Waals surface area (Å²) in [5.74, 6) is 0. The number of rotatable bonds is 5. The fraction of sp³-hybridized carbons (Fsp3) is 0.923. The van der Waals surface area contributed by atoms with Crippen molar-refractivity contribution in [2.75, 3.05) is 26.2 Å². The molecule has 3 N–H and O–H groups in total. The standard InChI is InChI=1S/C13H27N3O2/c1-13(2,3)18-12(17)15-10-11-6-4-8-16(11)9-5-7-14/h11H,4-10,14H2,1-3H3,(H,15,17)/t11-/m1/s1. The number of carbonyl (C=O) groups excluding carboxylic acids is 1. The molecule has 5 nitrogen and oxygen atoms in total. The number of amides is 1. The third kappa shape index (κ3) is 5.69. The van der Waals surface area contributed by atoms with E-state index in [-0.39, 0.29) is 6.09 Å². The molecule has 0 saturated carbocycles. The first-order chi connectivity index (χ1) is 8.42. The van der Waals surface area contributed by atoms with Gasteiger partial charge in [0.2, 0.25) is 0 Å². The number of nitrogens with zero attached hydrogens (tertiary/aromatic N) is 1. The second-order valence-corrected chi connectivity index (χ2v) is 5.86. The third-order valence-electron chi connectivity index (χ3n) is 3.03. The molecule has 1 atom stereocenters. The monoisotopic (exact) mass is 257 g/mol. The summed E-state index contributed by atoms with van der Waals surface area (Å²) >= 11 is 0. The average molecular weight is 257 g/mol. The van der Waals surface area contributed by atoms with Crippen LogP contribution in [0.5, 0.6) is 0 Å². The Bertz CT molecular complexity index is 263. The summed E-state index contributed by atoms with van der Waals surface area (Å²) in [7, 11) is 0. The van der Waals surface area contributed by atoms with E-state index >= 15 is 0 Å². The Hall–Kier alpha value is -0.810. The minimum absolute atomic E-state index is 0.326. The third-order valence-corrected chi connectivity index (χ3v) is 3.03. The zero-order chi connectivity index (χ0) is 13.6. The maximum atomic E-state index is 11.6. The fourth-order valence-corrected chi connectivity index (χ4v) is 2.23. The number of hydrogen-bond acceptors (Lipinski definition) is 4. The van der Waals surface area contributed by atoms with Crippen LogP contribution < -0.4 is 11.1 Å². The summed E-state index contributed by atoms with van der Waals surface area (Å²) in [6.07, 6.45) is 3.03. The van der Waals surface area contributed by atoms with Crippen LogP contribution in [-0.2, 0) is 4.74 Å². The predicted molar refractivity (Wildman–Crippen MR) is 72.5 cm³/mol. The molecule has 0 aromatic carbocycles. The lowest BCUT2D eigenvalue weighted by atomic mass is 10.2. The van der Waals surface area contributed by atoms with E-state index in [4.69, 9.17) is 10.5 Å². The van der Waals surface area contributed by atoms with E-state index < -0.39 is 5.60 Å². The van der Waals surface area contributed by atoms with Crippen LogP contribution in [0.4, 0.5) is 4.79 Å². The first-order valence-electron chi connectivity index (χ1n) is 6.83. The first-order valence-corrected chi connectivity index (χ1v) is 6.83. The van der Waals surface area contributed by atoms with Crippen LogP contribution in [0.1, 0.15) is 40.0 Å². The van der Waals surface area contributed by atoms with Crippen molar-refractivity contribution in [2.45, 2.75) is 51.7 Å². The van der Waals surface area contributed by atoms with Gasteiger partial charge in [-0.25, -0.2) is 4.79 Å². The van der Waals surface area contributed by atoms with Gasteiger partial charge in [0.1, 0.15) is 5.60 Å². The normalized spacial score (nSPS) is 21.0. The molecule has 1 fully saturated rings. The Morgan fingerprint density at radius 3 is 2.83 bits per heavy atom. The minimum atomic E-state index is -0.432. The molecule has 0 aromatic heterocycles. The van der Waals surface area contributed by atoms with Crippen molar-refractivity contribution in [2.24, 2.45) is 5.73 Å². The zero-order valence-corrected chi connectivity index (χ0v) is 11.9. The Labute approximate surface area is 110 Å². The number of ether oxygens (including phenoxy) is 1. The number of alkyl carbamates (subject to hydrolysis) is 1. The van der Waals surface area contributed by atoms with Gasteiger partial charge in [-0.2, -0.15) is 0 Å². The van der Waals surface area contributed by atoms with E-state index in [1.807, 2.05) is 20.8 Å². The Balaban J connectivity index is 2.27. The fourth-order valence-electron chi connectivity index (χ4n) is 2.23. The highest BCUT2D eigenvalue weighted by molar-refractivity contribution is 5.67. The Morgan fingerprint density at radius 2 is 2.22 bits per heavy atom. The summed E-state index contributed by atoms with van der Waals surface area (Å²) in [5.41, 5.74) is 5.10. The second kappa shape index (κ2) is 6.95. The predicted octanol–water partition coefficient (Wildman–Crippen LogP) is 1.32. The summed E-state index contributed by atoms with van der Waals surface area (Å²) in [6, 6.07) is 0.434. The van der Waals surface area contributed by atoms with Crippen LogP contribution >= 0.6 is 0 Å². The van der Waals surface area contributed by atoms with E-state index in [1.54, 1.807) is 0 Å². The maximum absolute atomic E-state index is 11.6. The van der Waals surface area contributed by atoms with Crippen molar-refractivity contribution < 1.29 is 9.53 Å². The van der Waals surface area contributed by atoms with Gasteiger partial charge in [-0.3, -0.25) is 4.90 Å². The van der Waals surface area contributed by atoms with E-state index in [0.717, 1.165) is 32.5 Å². The molecule has 1 rings (SSSR count). The molecule has 0 aliphatic carbocycles. The second-order valence-electron chi connectivity index (χ2n) is 5.86. The molecule has 1 heterocycles. The van der Waals surface area contributed by atoms with Crippen LogP contribution in [0.2, 0.25) is 0 Å². The largest absolute Gasteiger partial charge is 0.444 e.